The van der Waals surface area contributed by atoms with E-state index in [1.165, 1.54) is 6.08 Å². The van der Waals surface area contributed by atoms with Crippen LogP contribution >= 0.6 is 27.7 Å². The summed E-state index contributed by atoms with van der Waals surface area (Å²) in [6, 6.07) is 3.20. The van der Waals surface area contributed by atoms with Crippen LogP contribution in [0.4, 0.5) is 4.79 Å². The van der Waals surface area contributed by atoms with E-state index >= 15 is 0 Å². The third-order valence-corrected chi connectivity index (χ3v) is 5.69. The molecule has 1 aromatic rings. The highest BCUT2D eigenvalue weighted by Crippen LogP contribution is 2.38. The van der Waals surface area contributed by atoms with E-state index in [1.807, 2.05) is 0 Å². The number of aromatic hydroxyl groups is 1. The van der Waals surface area contributed by atoms with Gasteiger partial charge in [0.15, 0.2) is 11.5 Å². The van der Waals surface area contributed by atoms with Gasteiger partial charge < -0.3 is 19.5 Å². The molecule has 3 rings (SSSR count). The fourth-order valence-corrected chi connectivity index (χ4v) is 4.08. The molecule has 1 aromatic carbocycles. The number of amides is 3. The van der Waals surface area contributed by atoms with Crippen molar-refractivity contribution in [3.63, 3.8) is 0 Å². The van der Waals surface area contributed by atoms with Gasteiger partial charge in [0.1, 0.15) is 6.54 Å². The highest BCUT2D eigenvalue weighted by molar-refractivity contribution is 9.10. The standard InChI is InChI=1S/C18H19BrN2O6S/c1-2-27-13-8-11(7-12(19)16(13)23)9-14-17(24)21(18(25)28-14)10-15(22)20-3-5-26-6-4-20/h7-9,23H,2-6,10H2,1H3/b14-9-. The quantitative estimate of drug-likeness (QED) is 0.660. The number of hydrogen-bond acceptors (Lipinski definition) is 7. The molecule has 8 nitrogen and oxygen atoms in total. The number of halogens is 1. The topological polar surface area (TPSA) is 96.4 Å². The number of thioether (sulfide) groups is 1. The first kappa shape index (κ1) is 20.7. The SMILES string of the molecule is CCOc1cc(/C=C2\SC(=O)N(CC(=O)N3CCOCC3)C2=O)cc(Br)c1O. The normalized spacial score (nSPS) is 18.9. The summed E-state index contributed by atoms with van der Waals surface area (Å²) >= 11 is 4.02. The summed E-state index contributed by atoms with van der Waals surface area (Å²) in [5.41, 5.74) is 0.582. The number of phenols is 1. The van der Waals surface area contributed by atoms with Crippen LogP contribution in [0.25, 0.3) is 6.08 Å². The molecule has 0 atom stereocenters. The summed E-state index contributed by atoms with van der Waals surface area (Å²) in [6.07, 6.45) is 1.54. The Labute approximate surface area is 174 Å². The first-order valence-corrected chi connectivity index (χ1v) is 10.3. The van der Waals surface area contributed by atoms with Crippen LogP contribution in [0.2, 0.25) is 0 Å². The number of phenolic OH excluding ortho intramolecular Hbond substituents is 1. The summed E-state index contributed by atoms with van der Waals surface area (Å²) < 4.78 is 11.0. The van der Waals surface area contributed by atoms with Gasteiger partial charge in [-0.05, 0) is 58.4 Å². The largest absolute Gasteiger partial charge is 0.503 e. The van der Waals surface area contributed by atoms with E-state index in [2.05, 4.69) is 15.9 Å². The van der Waals surface area contributed by atoms with E-state index < -0.39 is 11.1 Å². The van der Waals surface area contributed by atoms with Crippen LogP contribution in [0.3, 0.4) is 0 Å². The monoisotopic (exact) mass is 470 g/mol. The molecule has 10 heteroatoms. The molecule has 2 saturated heterocycles. The van der Waals surface area contributed by atoms with Gasteiger partial charge in [0.2, 0.25) is 5.91 Å². The third-order valence-electron chi connectivity index (χ3n) is 4.18. The number of morpholine rings is 1. The molecule has 2 aliphatic heterocycles. The molecule has 28 heavy (non-hydrogen) atoms. The molecule has 0 aliphatic carbocycles. The number of hydrogen-bond donors (Lipinski definition) is 1. The van der Waals surface area contributed by atoms with Crippen LogP contribution in [-0.2, 0) is 14.3 Å². The average molecular weight is 471 g/mol. The predicted octanol–water partition coefficient (Wildman–Crippen LogP) is 2.45. The first-order chi connectivity index (χ1) is 13.4. The zero-order valence-electron chi connectivity index (χ0n) is 15.1. The summed E-state index contributed by atoms with van der Waals surface area (Å²) in [5, 5.41) is 9.51. The lowest BCUT2D eigenvalue weighted by Gasteiger charge is -2.28. The van der Waals surface area contributed by atoms with Gasteiger partial charge >= 0.3 is 0 Å². The molecule has 0 bridgehead atoms. The van der Waals surface area contributed by atoms with Crippen molar-refractivity contribution >= 4 is 50.8 Å². The molecule has 0 radical (unpaired) electrons. The van der Waals surface area contributed by atoms with Gasteiger partial charge in [-0.3, -0.25) is 19.3 Å². The van der Waals surface area contributed by atoms with E-state index in [9.17, 15) is 19.5 Å². The van der Waals surface area contributed by atoms with E-state index in [0.29, 0.717) is 42.9 Å². The van der Waals surface area contributed by atoms with Gasteiger partial charge in [0, 0.05) is 13.1 Å². The predicted molar refractivity (Wildman–Crippen MR) is 107 cm³/mol. The minimum Gasteiger partial charge on any atom is -0.503 e. The third kappa shape index (κ3) is 4.50. The van der Waals surface area contributed by atoms with Crippen LogP contribution < -0.4 is 4.74 Å². The zero-order valence-corrected chi connectivity index (χ0v) is 17.5. The molecule has 0 spiro atoms. The second-order valence-corrected chi connectivity index (χ2v) is 7.89. The van der Waals surface area contributed by atoms with Crippen molar-refractivity contribution in [3.05, 3.63) is 27.1 Å². The minimum absolute atomic E-state index is 0.0387. The van der Waals surface area contributed by atoms with Gasteiger partial charge in [0.05, 0.1) is 29.2 Å². The average Bonchev–Trinajstić information content (AvgIpc) is 2.94. The number of ether oxygens (including phenoxy) is 2. The van der Waals surface area contributed by atoms with E-state index in [4.69, 9.17) is 9.47 Å². The summed E-state index contributed by atoms with van der Waals surface area (Å²) in [5.74, 6) is -0.565. The molecule has 2 fully saturated rings. The fourth-order valence-electron chi connectivity index (χ4n) is 2.78. The summed E-state index contributed by atoms with van der Waals surface area (Å²) in [7, 11) is 0. The number of benzene rings is 1. The van der Waals surface area contributed by atoms with Gasteiger partial charge in [0.25, 0.3) is 11.1 Å². The second kappa shape index (κ2) is 8.97. The van der Waals surface area contributed by atoms with Gasteiger partial charge in [-0.15, -0.1) is 0 Å². The smallest absolute Gasteiger partial charge is 0.294 e. The van der Waals surface area contributed by atoms with Crippen molar-refractivity contribution in [3.8, 4) is 11.5 Å². The molecule has 1 N–H and O–H groups in total. The Balaban J connectivity index is 1.76. The molecular weight excluding hydrogens is 452 g/mol. The molecule has 2 aliphatic rings. The number of imide groups is 1. The number of rotatable bonds is 5. The Bertz CT molecular complexity index is 838. The Morgan fingerprint density at radius 2 is 2.07 bits per heavy atom. The molecule has 0 aromatic heterocycles. The molecular formula is C18H19BrN2O6S. The molecule has 150 valence electrons. The maximum absolute atomic E-state index is 12.6. The second-order valence-electron chi connectivity index (χ2n) is 6.04. The van der Waals surface area contributed by atoms with Crippen LogP contribution in [0.1, 0.15) is 12.5 Å². The molecule has 2 heterocycles. The maximum Gasteiger partial charge on any atom is 0.294 e. The van der Waals surface area contributed by atoms with E-state index in [1.54, 1.807) is 24.0 Å². The highest BCUT2D eigenvalue weighted by atomic mass is 79.9. The van der Waals surface area contributed by atoms with E-state index in [-0.39, 0.29) is 28.9 Å². The van der Waals surface area contributed by atoms with Gasteiger partial charge in [-0.2, -0.15) is 0 Å². The highest BCUT2D eigenvalue weighted by Gasteiger charge is 2.37. The van der Waals surface area contributed by atoms with Crippen LogP contribution in [0, 0.1) is 0 Å². The van der Waals surface area contributed by atoms with Crippen molar-refractivity contribution in [2.45, 2.75) is 6.92 Å². The molecule has 0 unspecified atom stereocenters. The fraction of sp³-hybridized carbons (Fsp3) is 0.389. The minimum atomic E-state index is -0.515. The van der Waals surface area contributed by atoms with Crippen LogP contribution in [0.5, 0.6) is 11.5 Å². The Morgan fingerprint density at radius 1 is 1.36 bits per heavy atom. The van der Waals surface area contributed by atoms with E-state index in [0.717, 1.165) is 16.7 Å². The van der Waals surface area contributed by atoms with Gasteiger partial charge in [-0.25, -0.2) is 0 Å². The van der Waals surface area contributed by atoms with Crippen molar-refractivity contribution in [2.75, 3.05) is 39.5 Å². The zero-order chi connectivity index (χ0) is 20.3. The lowest BCUT2D eigenvalue weighted by atomic mass is 10.2. The van der Waals surface area contributed by atoms with Crippen molar-refractivity contribution in [1.29, 1.82) is 0 Å². The number of carbonyl (C=O) groups is 3. The Kier molecular flexibility index (Phi) is 6.63. The van der Waals surface area contributed by atoms with Crippen LogP contribution in [0.15, 0.2) is 21.5 Å². The lowest BCUT2D eigenvalue weighted by molar-refractivity contribution is -0.139. The summed E-state index contributed by atoms with van der Waals surface area (Å²) in [4.78, 5) is 40.0. The Hall–Kier alpha value is -2.04. The van der Waals surface area contributed by atoms with Crippen molar-refractivity contribution in [1.82, 2.24) is 9.80 Å². The molecule has 3 amide bonds. The summed E-state index contributed by atoms with van der Waals surface area (Å²) in [6.45, 7) is 3.67. The lowest BCUT2D eigenvalue weighted by Crippen LogP contribution is -2.46. The molecule has 0 saturated carbocycles. The van der Waals surface area contributed by atoms with Crippen molar-refractivity contribution < 1.29 is 29.0 Å². The number of carbonyl (C=O) groups excluding carboxylic acids is 3. The van der Waals surface area contributed by atoms with Crippen molar-refractivity contribution in [2.24, 2.45) is 0 Å². The van der Waals surface area contributed by atoms with Gasteiger partial charge in [-0.1, -0.05) is 0 Å². The Morgan fingerprint density at radius 3 is 2.75 bits per heavy atom. The van der Waals surface area contributed by atoms with Crippen LogP contribution in [-0.4, -0.2) is 71.4 Å². The number of nitrogens with zero attached hydrogens (tertiary/aromatic N) is 2. The first-order valence-electron chi connectivity index (χ1n) is 8.67. The maximum atomic E-state index is 12.6.